The minimum absolute atomic E-state index is 0.330. The van der Waals surface area contributed by atoms with Gasteiger partial charge in [0.2, 0.25) is 0 Å². The Bertz CT molecular complexity index is 1340. The molecule has 0 amide bonds. The average molecular weight is 434 g/mol. The monoisotopic (exact) mass is 433 g/mol. The lowest BCUT2D eigenvalue weighted by molar-refractivity contribution is 0.509. The van der Waals surface area contributed by atoms with Gasteiger partial charge in [-0.05, 0) is 60.1 Å². The predicted molar refractivity (Wildman–Crippen MR) is 125 cm³/mol. The molecule has 0 bridgehead atoms. The number of pyridine rings is 1. The van der Waals surface area contributed by atoms with Gasteiger partial charge in [0.05, 0.1) is 10.6 Å². The third kappa shape index (κ3) is 3.46. The summed E-state index contributed by atoms with van der Waals surface area (Å²) in [5, 5.41) is 1.30. The first-order valence-corrected chi connectivity index (χ1v) is 12.9. The van der Waals surface area contributed by atoms with Crippen LogP contribution in [0.5, 0.6) is 0 Å². The van der Waals surface area contributed by atoms with Crippen molar-refractivity contribution in [2.75, 3.05) is 6.26 Å². The first-order chi connectivity index (χ1) is 14.4. The van der Waals surface area contributed by atoms with Crippen LogP contribution in [0.25, 0.3) is 32.6 Å². The van der Waals surface area contributed by atoms with Crippen molar-refractivity contribution in [1.29, 1.82) is 0 Å². The summed E-state index contributed by atoms with van der Waals surface area (Å²) in [6.45, 7) is 2.33. The molecular formula is C25H23NO2S2. The number of hydrogen-bond donors (Lipinski definition) is 0. The van der Waals surface area contributed by atoms with Crippen LogP contribution in [0.3, 0.4) is 0 Å². The fourth-order valence-electron chi connectivity index (χ4n) is 4.31. The second-order valence-electron chi connectivity index (χ2n) is 8.25. The number of rotatable bonds is 3. The first-order valence-electron chi connectivity index (χ1n) is 10.2. The molecule has 1 unspecified atom stereocenters. The van der Waals surface area contributed by atoms with E-state index in [9.17, 15) is 8.42 Å². The highest BCUT2D eigenvalue weighted by atomic mass is 32.2. The van der Waals surface area contributed by atoms with E-state index in [1.165, 1.54) is 39.6 Å². The van der Waals surface area contributed by atoms with Crippen molar-refractivity contribution in [2.24, 2.45) is 5.92 Å². The Morgan fingerprint density at radius 1 is 1.00 bits per heavy atom. The summed E-state index contributed by atoms with van der Waals surface area (Å²) < 4.78 is 23.6. The zero-order valence-electron chi connectivity index (χ0n) is 17.1. The summed E-state index contributed by atoms with van der Waals surface area (Å²) in [4.78, 5) is 7.90. The first kappa shape index (κ1) is 19.5. The molecule has 0 fully saturated rings. The van der Waals surface area contributed by atoms with Crippen LogP contribution in [0.4, 0.5) is 0 Å². The van der Waals surface area contributed by atoms with Gasteiger partial charge >= 0.3 is 0 Å². The molecule has 1 aliphatic rings. The van der Waals surface area contributed by atoms with Gasteiger partial charge in [-0.1, -0.05) is 49.4 Å². The standard InChI is InChI=1S/C25H23NO2S2/c1-16-8-13-20-23(14-16)29-25-24(20)21(17-6-4-3-5-7-17)15-22(26-25)18-9-11-19(12-10-18)30(2,27)28/h3-7,9-12,15-16H,8,13-14H2,1-2H3. The van der Waals surface area contributed by atoms with Crippen molar-refractivity contribution in [3.05, 3.63) is 71.1 Å². The zero-order valence-corrected chi connectivity index (χ0v) is 18.7. The van der Waals surface area contributed by atoms with Gasteiger partial charge in [-0.25, -0.2) is 13.4 Å². The maximum Gasteiger partial charge on any atom is 0.175 e. The molecule has 5 rings (SSSR count). The lowest BCUT2D eigenvalue weighted by Crippen LogP contribution is -2.08. The molecular weight excluding hydrogens is 410 g/mol. The fourth-order valence-corrected chi connectivity index (χ4v) is 6.35. The second-order valence-corrected chi connectivity index (χ2v) is 11.3. The number of aryl methyl sites for hydroxylation is 1. The number of aromatic nitrogens is 1. The number of sulfone groups is 1. The molecule has 1 aliphatic carbocycles. The lowest BCUT2D eigenvalue weighted by atomic mass is 9.87. The van der Waals surface area contributed by atoms with Crippen LogP contribution in [0, 0.1) is 5.92 Å². The van der Waals surface area contributed by atoms with E-state index >= 15 is 0 Å². The van der Waals surface area contributed by atoms with Crippen molar-refractivity contribution in [2.45, 2.75) is 31.1 Å². The molecule has 0 N–H and O–H groups in total. The predicted octanol–water partition coefficient (Wildman–Crippen LogP) is 6.16. The summed E-state index contributed by atoms with van der Waals surface area (Å²) in [5.74, 6) is 0.716. The van der Waals surface area contributed by atoms with Crippen molar-refractivity contribution in [1.82, 2.24) is 4.98 Å². The lowest BCUT2D eigenvalue weighted by Gasteiger charge is -2.18. The Morgan fingerprint density at radius 3 is 2.43 bits per heavy atom. The molecule has 0 aliphatic heterocycles. The van der Waals surface area contributed by atoms with E-state index in [1.807, 2.05) is 29.5 Å². The van der Waals surface area contributed by atoms with E-state index in [0.29, 0.717) is 10.8 Å². The molecule has 0 spiro atoms. The molecule has 2 aromatic carbocycles. The molecule has 4 aromatic rings. The molecule has 0 radical (unpaired) electrons. The highest BCUT2D eigenvalue weighted by molar-refractivity contribution is 7.90. The van der Waals surface area contributed by atoms with Crippen molar-refractivity contribution in [3.8, 4) is 22.4 Å². The smallest absolute Gasteiger partial charge is 0.175 e. The van der Waals surface area contributed by atoms with Crippen LogP contribution < -0.4 is 0 Å². The number of nitrogens with zero attached hydrogens (tertiary/aromatic N) is 1. The van der Waals surface area contributed by atoms with Crippen LogP contribution in [0.15, 0.2) is 65.6 Å². The van der Waals surface area contributed by atoms with E-state index in [0.717, 1.165) is 28.9 Å². The normalized spacial score (nSPS) is 16.5. The highest BCUT2D eigenvalue weighted by Gasteiger charge is 2.24. The molecule has 30 heavy (non-hydrogen) atoms. The van der Waals surface area contributed by atoms with Gasteiger partial charge in [-0.2, -0.15) is 0 Å². The van der Waals surface area contributed by atoms with Gasteiger partial charge < -0.3 is 0 Å². The van der Waals surface area contributed by atoms with Gasteiger partial charge in [-0.15, -0.1) is 11.3 Å². The molecule has 0 saturated carbocycles. The van der Waals surface area contributed by atoms with E-state index < -0.39 is 9.84 Å². The van der Waals surface area contributed by atoms with Gasteiger partial charge in [0, 0.05) is 22.1 Å². The van der Waals surface area contributed by atoms with Gasteiger partial charge in [-0.3, -0.25) is 0 Å². The van der Waals surface area contributed by atoms with Crippen LogP contribution >= 0.6 is 11.3 Å². The summed E-state index contributed by atoms with van der Waals surface area (Å²) >= 11 is 1.82. The van der Waals surface area contributed by atoms with Crippen LogP contribution in [-0.2, 0) is 22.7 Å². The van der Waals surface area contributed by atoms with Crippen LogP contribution in [-0.4, -0.2) is 19.7 Å². The average Bonchev–Trinajstić information content (AvgIpc) is 3.10. The second kappa shape index (κ2) is 7.33. The molecule has 2 heterocycles. The van der Waals surface area contributed by atoms with Crippen molar-refractivity contribution >= 4 is 31.4 Å². The fraction of sp³-hybridized carbons (Fsp3) is 0.240. The van der Waals surface area contributed by atoms with E-state index in [2.05, 4.69) is 37.3 Å². The number of fused-ring (bicyclic) bond motifs is 3. The summed E-state index contributed by atoms with van der Waals surface area (Å²) in [6, 6.07) is 19.7. The molecule has 2 aromatic heterocycles. The van der Waals surface area contributed by atoms with E-state index in [1.54, 1.807) is 12.1 Å². The summed E-state index contributed by atoms with van der Waals surface area (Å²) in [7, 11) is -3.21. The number of thiophene rings is 1. The molecule has 3 nitrogen and oxygen atoms in total. The summed E-state index contributed by atoms with van der Waals surface area (Å²) in [5.41, 5.74) is 5.70. The van der Waals surface area contributed by atoms with Crippen LogP contribution in [0.1, 0.15) is 23.8 Å². The maximum absolute atomic E-state index is 11.8. The minimum Gasteiger partial charge on any atom is -0.237 e. The Hall–Kier alpha value is -2.50. The number of benzene rings is 2. The third-order valence-electron chi connectivity index (χ3n) is 5.93. The SMILES string of the molecule is CC1CCc2c(sc3nc(-c4ccc(S(C)(=O)=O)cc4)cc(-c4ccccc4)c23)C1. The largest absolute Gasteiger partial charge is 0.237 e. The van der Waals surface area contributed by atoms with Crippen LogP contribution in [0.2, 0.25) is 0 Å². The molecule has 1 atom stereocenters. The Balaban J connectivity index is 1.73. The van der Waals surface area contributed by atoms with Crippen molar-refractivity contribution in [3.63, 3.8) is 0 Å². The maximum atomic E-state index is 11.8. The van der Waals surface area contributed by atoms with Gasteiger partial charge in [0.25, 0.3) is 0 Å². The molecule has 5 heteroatoms. The highest BCUT2D eigenvalue weighted by Crippen LogP contribution is 2.43. The Kier molecular flexibility index (Phi) is 4.75. The van der Waals surface area contributed by atoms with E-state index in [4.69, 9.17) is 4.98 Å². The van der Waals surface area contributed by atoms with E-state index in [-0.39, 0.29) is 0 Å². The third-order valence-corrected chi connectivity index (χ3v) is 8.21. The topological polar surface area (TPSA) is 47.0 Å². The number of hydrogen-bond acceptors (Lipinski definition) is 4. The van der Waals surface area contributed by atoms with Crippen molar-refractivity contribution < 1.29 is 8.42 Å². The summed E-state index contributed by atoms with van der Waals surface area (Å²) in [6.07, 6.45) is 4.70. The Morgan fingerprint density at radius 2 is 1.73 bits per heavy atom. The van der Waals surface area contributed by atoms with Gasteiger partial charge in [0.15, 0.2) is 9.84 Å². The van der Waals surface area contributed by atoms with Gasteiger partial charge in [0.1, 0.15) is 4.83 Å². The minimum atomic E-state index is -3.21. The quantitative estimate of drug-likeness (QED) is 0.389. The molecule has 0 saturated heterocycles. The molecule has 152 valence electrons. The Labute approximate surface area is 181 Å². The zero-order chi connectivity index (χ0) is 20.9.